The van der Waals surface area contributed by atoms with Crippen LogP contribution in [-0.2, 0) is 4.74 Å². The van der Waals surface area contributed by atoms with Crippen LogP contribution in [0.15, 0.2) is 36.5 Å². The van der Waals surface area contributed by atoms with Crippen LogP contribution in [-0.4, -0.2) is 57.6 Å². The average Bonchev–Trinajstić information content (AvgIpc) is 2.36. The summed E-state index contributed by atoms with van der Waals surface area (Å²) in [7, 11) is 0. The molecule has 0 bridgehead atoms. The van der Waals surface area contributed by atoms with E-state index >= 15 is 0 Å². The molecular weight excluding hydrogens is 236 g/mol. The van der Waals surface area contributed by atoms with E-state index < -0.39 is 37.1 Å². The van der Waals surface area contributed by atoms with Crippen LogP contribution in [0.5, 0.6) is 0 Å². The zero-order chi connectivity index (χ0) is 13.7. The lowest BCUT2D eigenvalue weighted by molar-refractivity contribution is -0.218. The predicted molar refractivity (Wildman–Crippen MR) is 66.9 cm³/mol. The van der Waals surface area contributed by atoms with Gasteiger partial charge in [0.2, 0.25) is 0 Å². The van der Waals surface area contributed by atoms with Crippen molar-refractivity contribution in [2.45, 2.75) is 37.4 Å². The van der Waals surface area contributed by atoms with Crippen LogP contribution in [0.4, 0.5) is 0 Å². The zero-order valence-electron chi connectivity index (χ0n) is 10.3. The molecule has 0 aliphatic carbocycles. The number of rotatable bonds is 4. The molecule has 0 saturated carbocycles. The first-order chi connectivity index (χ1) is 8.56. The maximum Gasteiger partial charge on any atom is 0.113 e. The Balaban J connectivity index is 2.99. The molecule has 1 heterocycles. The van der Waals surface area contributed by atoms with Crippen molar-refractivity contribution in [1.29, 1.82) is 0 Å². The van der Waals surface area contributed by atoms with E-state index in [0.717, 1.165) is 0 Å². The lowest BCUT2D eigenvalue weighted by Gasteiger charge is -2.40. The summed E-state index contributed by atoms with van der Waals surface area (Å²) in [5.74, 6) is 0. The second kappa shape index (κ2) is 6.82. The fourth-order valence-electron chi connectivity index (χ4n) is 1.95. The summed E-state index contributed by atoms with van der Waals surface area (Å²) in [6.45, 7) is 4.94. The number of hydrogen-bond donors (Lipinski definition) is 4. The van der Waals surface area contributed by atoms with Gasteiger partial charge >= 0.3 is 0 Å². The molecule has 0 radical (unpaired) electrons. The molecule has 5 heteroatoms. The van der Waals surface area contributed by atoms with Crippen LogP contribution in [0.1, 0.15) is 6.92 Å². The van der Waals surface area contributed by atoms with Crippen LogP contribution in [0, 0.1) is 0 Å². The topological polar surface area (TPSA) is 90.2 Å². The molecular formula is C13H20O5. The first-order valence-electron chi connectivity index (χ1n) is 5.82. The lowest BCUT2D eigenvalue weighted by atomic mass is 9.90. The van der Waals surface area contributed by atoms with E-state index in [1.165, 1.54) is 6.08 Å². The van der Waals surface area contributed by atoms with Crippen LogP contribution < -0.4 is 0 Å². The molecule has 1 rings (SSSR count). The molecule has 0 amide bonds. The highest BCUT2D eigenvalue weighted by Gasteiger charge is 2.44. The van der Waals surface area contributed by atoms with Crippen molar-refractivity contribution in [3.63, 3.8) is 0 Å². The Hall–Kier alpha value is -0.980. The molecule has 1 saturated heterocycles. The Kier molecular flexibility index (Phi) is 5.71. The van der Waals surface area contributed by atoms with E-state index in [1.54, 1.807) is 25.2 Å². The van der Waals surface area contributed by atoms with Gasteiger partial charge in [0.25, 0.3) is 0 Å². The molecule has 0 aromatic heterocycles. The maximum absolute atomic E-state index is 9.92. The van der Waals surface area contributed by atoms with Gasteiger partial charge in [-0.3, -0.25) is 0 Å². The molecule has 102 valence electrons. The summed E-state index contributed by atoms with van der Waals surface area (Å²) >= 11 is 0. The molecule has 1 aliphatic heterocycles. The minimum Gasteiger partial charge on any atom is -0.394 e. The molecule has 5 nitrogen and oxygen atoms in total. The Morgan fingerprint density at radius 2 is 1.89 bits per heavy atom. The number of aliphatic hydroxyl groups excluding tert-OH is 4. The maximum atomic E-state index is 9.92. The first kappa shape index (κ1) is 15.1. The predicted octanol–water partition coefficient (Wildman–Crippen LogP) is -0.483. The molecule has 1 aliphatic rings. The molecule has 18 heavy (non-hydrogen) atoms. The highest BCUT2D eigenvalue weighted by molar-refractivity contribution is 5.29. The van der Waals surface area contributed by atoms with E-state index in [4.69, 9.17) is 9.84 Å². The fraction of sp³-hybridized carbons (Fsp3) is 0.538. The Labute approximate surface area is 106 Å². The molecule has 4 N–H and O–H groups in total. The third kappa shape index (κ3) is 3.07. The molecule has 5 atom stereocenters. The van der Waals surface area contributed by atoms with Gasteiger partial charge < -0.3 is 25.2 Å². The summed E-state index contributed by atoms with van der Waals surface area (Å²) < 4.78 is 5.42. The highest BCUT2D eigenvalue weighted by atomic mass is 16.5. The second-order valence-corrected chi connectivity index (χ2v) is 4.15. The standard InChI is InChI=1S/C13H20O5/c1-3-5-8(6-4-2)13-12(17)11(16)10(15)9(7-14)18-13/h3-6,9-17H,1,7H2,2H3/b6-4-,8-5+/t9-,10-,11+,12+,13-/m1/s1. The Morgan fingerprint density at radius 1 is 1.22 bits per heavy atom. The number of aliphatic hydroxyl groups is 4. The zero-order valence-corrected chi connectivity index (χ0v) is 10.3. The van der Waals surface area contributed by atoms with E-state index in [-0.39, 0.29) is 0 Å². The highest BCUT2D eigenvalue weighted by Crippen LogP contribution is 2.26. The van der Waals surface area contributed by atoms with Gasteiger partial charge in [0.1, 0.15) is 30.5 Å². The van der Waals surface area contributed by atoms with E-state index in [2.05, 4.69) is 6.58 Å². The number of ether oxygens (including phenoxy) is 1. The second-order valence-electron chi connectivity index (χ2n) is 4.15. The summed E-state index contributed by atoms with van der Waals surface area (Å²) in [6, 6.07) is 0. The third-order valence-corrected chi connectivity index (χ3v) is 2.89. The van der Waals surface area contributed by atoms with Crippen LogP contribution in [0.2, 0.25) is 0 Å². The van der Waals surface area contributed by atoms with Gasteiger partial charge in [0.05, 0.1) is 6.61 Å². The van der Waals surface area contributed by atoms with Crippen molar-refractivity contribution in [3.05, 3.63) is 36.5 Å². The van der Waals surface area contributed by atoms with Crippen molar-refractivity contribution in [2.24, 2.45) is 0 Å². The van der Waals surface area contributed by atoms with Gasteiger partial charge in [0.15, 0.2) is 0 Å². The van der Waals surface area contributed by atoms with E-state index in [9.17, 15) is 15.3 Å². The van der Waals surface area contributed by atoms with Crippen molar-refractivity contribution in [2.75, 3.05) is 6.61 Å². The van der Waals surface area contributed by atoms with Crippen molar-refractivity contribution >= 4 is 0 Å². The summed E-state index contributed by atoms with van der Waals surface area (Å²) in [6.07, 6.45) is 0.998. The van der Waals surface area contributed by atoms with Crippen LogP contribution >= 0.6 is 0 Å². The molecule has 0 aromatic rings. The van der Waals surface area contributed by atoms with Gasteiger partial charge in [-0.25, -0.2) is 0 Å². The van der Waals surface area contributed by atoms with Crippen LogP contribution in [0.25, 0.3) is 0 Å². The van der Waals surface area contributed by atoms with E-state index in [0.29, 0.717) is 5.57 Å². The molecule has 0 spiro atoms. The minimum atomic E-state index is -1.36. The normalized spacial score (nSPS) is 38.1. The fourth-order valence-corrected chi connectivity index (χ4v) is 1.95. The van der Waals surface area contributed by atoms with E-state index in [1.807, 2.05) is 0 Å². The molecule has 0 aromatic carbocycles. The largest absolute Gasteiger partial charge is 0.394 e. The van der Waals surface area contributed by atoms with Gasteiger partial charge in [-0.15, -0.1) is 0 Å². The van der Waals surface area contributed by atoms with Crippen molar-refractivity contribution in [1.82, 2.24) is 0 Å². The summed E-state index contributed by atoms with van der Waals surface area (Å²) in [5.41, 5.74) is 0.615. The quantitative estimate of drug-likeness (QED) is 0.510. The van der Waals surface area contributed by atoms with Gasteiger partial charge in [-0.1, -0.05) is 30.9 Å². The lowest BCUT2D eigenvalue weighted by Crippen LogP contribution is -2.58. The summed E-state index contributed by atoms with van der Waals surface area (Å²) in [4.78, 5) is 0. The van der Waals surface area contributed by atoms with Gasteiger partial charge in [0, 0.05) is 0 Å². The van der Waals surface area contributed by atoms with Crippen molar-refractivity contribution in [3.8, 4) is 0 Å². The number of allylic oxidation sites excluding steroid dienone is 3. The first-order valence-corrected chi connectivity index (χ1v) is 5.82. The third-order valence-electron chi connectivity index (χ3n) is 2.89. The summed E-state index contributed by atoms with van der Waals surface area (Å²) in [5, 5.41) is 38.4. The Morgan fingerprint density at radius 3 is 2.39 bits per heavy atom. The average molecular weight is 256 g/mol. The Bertz CT molecular complexity index is 334. The molecule has 0 unspecified atom stereocenters. The monoisotopic (exact) mass is 256 g/mol. The minimum absolute atomic E-state index is 0.432. The van der Waals surface area contributed by atoms with Crippen LogP contribution in [0.3, 0.4) is 0 Å². The van der Waals surface area contributed by atoms with Gasteiger partial charge in [-0.2, -0.15) is 0 Å². The van der Waals surface area contributed by atoms with Gasteiger partial charge in [-0.05, 0) is 12.5 Å². The SMILES string of the molecule is C=C/C=C(\C=C/C)[C@H]1O[C@H](CO)[C@@H](O)[C@H](O)[C@@H]1O. The smallest absolute Gasteiger partial charge is 0.113 e. The van der Waals surface area contributed by atoms with Crippen molar-refractivity contribution < 1.29 is 25.2 Å². The molecule has 1 fully saturated rings. The number of hydrogen-bond acceptors (Lipinski definition) is 5.